The second-order valence-corrected chi connectivity index (χ2v) is 8.30. The van der Waals surface area contributed by atoms with Crippen LogP contribution in [0.25, 0.3) is 11.4 Å². The third-order valence-corrected chi connectivity index (χ3v) is 6.39. The number of quaternary nitrogens is 1. The lowest BCUT2D eigenvalue weighted by Gasteiger charge is -2.37. The summed E-state index contributed by atoms with van der Waals surface area (Å²) in [5.41, 5.74) is 2.30. The van der Waals surface area contributed by atoms with Gasteiger partial charge in [0.15, 0.2) is 6.54 Å². The molecule has 1 N–H and O–H groups in total. The Morgan fingerprint density at radius 3 is 2.04 bits per heavy atom. The van der Waals surface area contributed by atoms with Crippen LogP contribution in [0.5, 0.6) is 0 Å². The standard InChI is InChI=1S/C22H31N3O/c1-17-12-14-18(15-13-17)22-23-21(26-24-22)16-25(19-8-4-2-5-9-19)20-10-6-3-7-11-20/h12-15,19-20H,2-11,16H2,1H3/p+1. The highest BCUT2D eigenvalue weighted by Crippen LogP contribution is 2.21. The zero-order valence-corrected chi connectivity index (χ0v) is 16.0. The Morgan fingerprint density at radius 1 is 0.885 bits per heavy atom. The van der Waals surface area contributed by atoms with Gasteiger partial charge in [-0.2, -0.15) is 4.98 Å². The van der Waals surface area contributed by atoms with Crippen LogP contribution in [0, 0.1) is 6.92 Å². The molecule has 0 amide bonds. The highest BCUT2D eigenvalue weighted by Gasteiger charge is 2.33. The summed E-state index contributed by atoms with van der Waals surface area (Å²) in [6, 6.07) is 9.93. The van der Waals surface area contributed by atoms with E-state index in [4.69, 9.17) is 9.51 Å². The number of hydrogen-bond acceptors (Lipinski definition) is 3. The lowest BCUT2D eigenvalue weighted by Crippen LogP contribution is -3.18. The van der Waals surface area contributed by atoms with Crippen LogP contribution in [0.1, 0.15) is 75.7 Å². The molecular weight excluding hydrogens is 322 g/mol. The van der Waals surface area contributed by atoms with Crippen LogP contribution in [0.4, 0.5) is 0 Å². The number of nitrogens with zero attached hydrogens (tertiary/aromatic N) is 2. The summed E-state index contributed by atoms with van der Waals surface area (Å²) >= 11 is 0. The van der Waals surface area contributed by atoms with Crippen molar-refractivity contribution in [3.63, 3.8) is 0 Å². The molecule has 4 heteroatoms. The zero-order chi connectivity index (χ0) is 17.8. The Labute approximate surface area is 157 Å². The van der Waals surface area contributed by atoms with Gasteiger partial charge in [-0.25, -0.2) is 0 Å². The van der Waals surface area contributed by atoms with Crippen molar-refractivity contribution >= 4 is 0 Å². The summed E-state index contributed by atoms with van der Waals surface area (Å²) < 4.78 is 5.68. The van der Waals surface area contributed by atoms with Crippen LogP contribution in [-0.4, -0.2) is 22.2 Å². The predicted octanol–water partition coefficient (Wildman–Crippen LogP) is 4.10. The summed E-state index contributed by atoms with van der Waals surface area (Å²) in [4.78, 5) is 6.47. The van der Waals surface area contributed by atoms with Gasteiger partial charge < -0.3 is 9.42 Å². The Balaban J connectivity index is 1.50. The number of hydrogen-bond donors (Lipinski definition) is 1. The summed E-state index contributed by atoms with van der Waals surface area (Å²) in [5.74, 6) is 1.54. The molecule has 1 heterocycles. The molecule has 1 aromatic carbocycles. The average molecular weight is 355 g/mol. The van der Waals surface area contributed by atoms with Crippen molar-refractivity contribution < 1.29 is 9.42 Å². The van der Waals surface area contributed by atoms with Crippen LogP contribution in [0.15, 0.2) is 28.8 Å². The molecule has 26 heavy (non-hydrogen) atoms. The van der Waals surface area contributed by atoms with Crippen molar-refractivity contribution in [1.29, 1.82) is 0 Å². The van der Waals surface area contributed by atoms with Crippen molar-refractivity contribution in [2.45, 2.75) is 89.8 Å². The number of benzene rings is 1. The Hall–Kier alpha value is -1.68. The van der Waals surface area contributed by atoms with Gasteiger partial charge >= 0.3 is 0 Å². The van der Waals surface area contributed by atoms with E-state index in [9.17, 15) is 0 Å². The van der Waals surface area contributed by atoms with Gasteiger partial charge in [0, 0.05) is 5.56 Å². The summed E-state index contributed by atoms with van der Waals surface area (Å²) in [7, 11) is 0. The molecule has 0 atom stereocenters. The van der Waals surface area contributed by atoms with E-state index in [-0.39, 0.29) is 0 Å². The molecule has 0 aliphatic heterocycles. The van der Waals surface area contributed by atoms with Gasteiger partial charge in [-0.3, -0.25) is 0 Å². The fourth-order valence-electron chi connectivity index (χ4n) is 4.89. The highest BCUT2D eigenvalue weighted by molar-refractivity contribution is 5.54. The topological polar surface area (TPSA) is 43.4 Å². The minimum atomic E-state index is 0.728. The first-order valence-corrected chi connectivity index (χ1v) is 10.5. The molecule has 0 radical (unpaired) electrons. The van der Waals surface area contributed by atoms with E-state index in [0.717, 1.165) is 35.9 Å². The minimum absolute atomic E-state index is 0.728. The summed E-state index contributed by atoms with van der Waals surface area (Å²) in [5, 5.41) is 4.26. The Morgan fingerprint density at radius 2 is 1.46 bits per heavy atom. The first-order chi connectivity index (χ1) is 12.8. The molecule has 1 aromatic heterocycles. The molecule has 2 saturated carbocycles. The van der Waals surface area contributed by atoms with E-state index in [1.54, 1.807) is 4.90 Å². The van der Waals surface area contributed by atoms with Crippen molar-refractivity contribution in [3.05, 3.63) is 35.7 Å². The fourth-order valence-corrected chi connectivity index (χ4v) is 4.89. The molecule has 4 nitrogen and oxygen atoms in total. The van der Waals surface area contributed by atoms with Crippen molar-refractivity contribution in [2.75, 3.05) is 0 Å². The minimum Gasteiger partial charge on any atom is -0.333 e. The number of aromatic nitrogens is 2. The maximum atomic E-state index is 5.68. The molecule has 0 unspecified atom stereocenters. The molecule has 0 bridgehead atoms. The molecule has 2 aliphatic carbocycles. The summed E-state index contributed by atoms with van der Waals surface area (Å²) in [6.07, 6.45) is 13.8. The normalized spacial score (nSPS) is 19.9. The molecule has 140 valence electrons. The van der Waals surface area contributed by atoms with Crippen molar-refractivity contribution in [1.82, 2.24) is 10.1 Å². The first kappa shape index (κ1) is 17.7. The van der Waals surface area contributed by atoms with Crippen LogP contribution in [0.2, 0.25) is 0 Å². The molecule has 0 saturated heterocycles. The van der Waals surface area contributed by atoms with E-state index in [0.29, 0.717) is 0 Å². The Kier molecular flexibility index (Phi) is 5.68. The third kappa shape index (κ3) is 4.17. The van der Waals surface area contributed by atoms with Crippen LogP contribution in [0.3, 0.4) is 0 Å². The van der Waals surface area contributed by atoms with E-state index in [2.05, 4.69) is 36.3 Å². The maximum absolute atomic E-state index is 5.68. The van der Waals surface area contributed by atoms with Gasteiger partial charge in [-0.05, 0) is 58.3 Å². The highest BCUT2D eigenvalue weighted by atomic mass is 16.5. The van der Waals surface area contributed by atoms with Gasteiger partial charge in [0.1, 0.15) is 0 Å². The molecule has 4 rings (SSSR count). The molecule has 0 spiro atoms. The fraction of sp³-hybridized carbons (Fsp3) is 0.636. The second-order valence-electron chi connectivity index (χ2n) is 8.30. The Bertz CT molecular complexity index is 664. The number of rotatable bonds is 5. The predicted molar refractivity (Wildman–Crippen MR) is 103 cm³/mol. The zero-order valence-electron chi connectivity index (χ0n) is 16.0. The lowest BCUT2D eigenvalue weighted by molar-refractivity contribution is -0.966. The van der Waals surface area contributed by atoms with Crippen molar-refractivity contribution in [2.24, 2.45) is 0 Å². The quantitative estimate of drug-likeness (QED) is 0.879. The van der Waals surface area contributed by atoms with E-state index < -0.39 is 0 Å². The number of aryl methyl sites for hydroxylation is 1. The third-order valence-electron chi connectivity index (χ3n) is 6.39. The molecule has 2 fully saturated rings. The van der Waals surface area contributed by atoms with Crippen LogP contribution < -0.4 is 4.90 Å². The number of nitrogens with one attached hydrogen (secondary N) is 1. The monoisotopic (exact) mass is 354 g/mol. The lowest BCUT2D eigenvalue weighted by atomic mass is 9.88. The maximum Gasteiger partial charge on any atom is 0.282 e. The van der Waals surface area contributed by atoms with Gasteiger partial charge in [0.25, 0.3) is 5.89 Å². The molecular formula is C22H32N3O+. The van der Waals surface area contributed by atoms with Gasteiger partial charge in [0.2, 0.25) is 5.82 Å². The average Bonchev–Trinajstić information content (AvgIpc) is 3.17. The second kappa shape index (κ2) is 8.34. The summed E-state index contributed by atoms with van der Waals surface area (Å²) in [6.45, 7) is 3.00. The van der Waals surface area contributed by atoms with Gasteiger partial charge in [-0.1, -0.05) is 47.8 Å². The van der Waals surface area contributed by atoms with E-state index in [1.165, 1.54) is 69.8 Å². The van der Waals surface area contributed by atoms with Gasteiger partial charge in [-0.15, -0.1) is 0 Å². The van der Waals surface area contributed by atoms with E-state index in [1.807, 2.05) is 0 Å². The molecule has 2 aliphatic rings. The van der Waals surface area contributed by atoms with Gasteiger partial charge in [0.05, 0.1) is 12.1 Å². The van der Waals surface area contributed by atoms with Crippen molar-refractivity contribution in [3.8, 4) is 11.4 Å². The van der Waals surface area contributed by atoms with E-state index >= 15 is 0 Å². The molecule has 2 aromatic rings. The SMILES string of the molecule is Cc1ccc(-c2noc(C[NH+](C3CCCCC3)C3CCCCC3)n2)cc1. The van der Waals surface area contributed by atoms with Crippen LogP contribution >= 0.6 is 0 Å². The smallest absolute Gasteiger partial charge is 0.282 e. The van der Waals surface area contributed by atoms with Crippen LogP contribution in [-0.2, 0) is 6.54 Å². The first-order valence-electron chi connectivity index (χ1n) is 10.5. The largest absolute Gasteiger partial charge is 0.333 e.